The van der Waals surface area contributed by atoms with Gasteiger partial charge in [0.25, 0.3) is 5.91 Å². The largest absolute Gasteiger partial charge is 0.339 e. The highest BCUT2D eigenvalue weighted by Gasteiger charge is 2.25. The van der Waals surface area contributed by atoms with Gasteiger partial charge in [-0.15, -0.1) is 0 Å². The molecule has 1 N–H and O–H groups in total. The molecule has 2 aromatic rings. The van der Waals surface area contributed by atoms with Gasteiger partial charge >= 0.3 is 0 Å². The molecule has 1 fully saturated rings. The van der Waals surface area contributed by atoms with Crippen molar-refractivity contribution in [3.05, 3.63) is 58.1 Å². The average Bonchev–Trinajstić information content (AvgIpc) is 3.01. The number of halogens is 2. The molecule has 0 radical (unpaired) electrons. The van der Waals surface area contributed by atoms with E-state index in [4.69, 9.17) is 23.2 Å². The lowest BCUT2D eigenvalue weighted by Gasteiger charge is -2.24. The fourth-order valence-electron chi connectivity index (χ4n) is 3.61. The maximum absolute atomic E-state index is 13.1. The summed E-state index contributed by atoms with van der Waals surface area (Å²) in [6.07, 6.45) is 5.08. The van der Waals surface area contributed by atoms with Crippen LogP contribution in [0.1, 0.15) is 36.0 Å². The zero-order valence-electron chi connectivity index (χ0n) is 17.7. The van der Waals surface area contributed by atoms with E-state index in [1.54, 1.807) is 29.2 Å². The summed E-state index contributed by atoms with van der Waals surface area (Å²) in [4.78, 5) is 27.7. The number of anilines is 2. The van der Waals surface area contributed by atoms with E-state index in [1.165, 1.54) is 18.2 Å². The number of likely N-dealkylation sites (tertiary alicyclic amines) is 1. The van der Waals surface area contributed by atoms with Crippen molar-refractivity contribution in [2.45, 2.75) is 25.7 Å². The van der Waals surface area contributed by atoms with E-state index in [-0.39, 0.29) is 16.6 Å². The maximum Gasteiger partial charge on any atom is 0.255 e. The number of sulfonamides is 1. The Balaban J connectivity index is 1.81. The molecule has 1 saturated heterocycles. The Morgan fingerprint density at radius 2 is 1.69 bits per heavy atom. The van der Waals surface area contributed by atoms with Crippen LogP contribution in [-0.2, 0) is 14.8 Å². The third-order valence-electron chi connectivity index (χ3n) is 5.19. The molecule has 2 aromatic carbocycles. The number of rotatable bonds is 6. The quantitative estimate of drug-likeness (QED) is 0.639. The molecule has 2 amide bonds. The first-order chi connectivity index (χ1) is 15.2. The minimum absolute atomic E-state index is 0.104. The number of hydrogen-bond donors (Lipinski definition) is 1. The highest BCUT2D eigenvalue weighted by molar-refractivity contribution is 7.92. The summed E-state index contributed by atoms with van der Waals surface area (Å²) < 4.78 is 25.6. The molecule has 0 atom stereocenters. The maximum atomic E-state index is 13.1. The Labute approximate surface area is 198 Å². The normalized spacial score (nSPS) is 14.5. The van der Waals surface area contributed by atoms with Crippen LogP contribution < -0.4 is 9.62 Å². The number of carbonyl (C=O) groups is 2. The van der Waals surface area contributed by atoms with Gasteiger partial charge in [0, 0.05) is 18.1 Å². The van der Waals surface area contributed by atoms with Gasteiger partial charge in [-0.1, -0.05) is 48.2 Å². The smallest absolute Gasteiger partial charge is 0.255 e. The van der Waals surface area contributed by atoms with Gasteiger partial charge in [0.05, 0.1) is 28.2 Å². The van der Waals surface area contributed by atoms with Gasteiger partial charge in [-0.05, 0) is 43.2 Å². The first-order valence-electron chi connectivity index (χ1n) is 10.3. The topological polar surface area (TPSA) is 86.8 Å². The van der Waals surface area contributed by atoms with Crippen LogP contribution in [0.2, 0.25) is 10.0 Å². The summed E-state index contributed by atoms with van der Waals surface area (Å²) in [6.45, 7) is 0.850. The summed E-state index contributed by atoms with van der Waals surface area (Å²) in [6, 6.07) is 11.1. The Kier molecular flexibility index (Phi) is 8.03. The first-order valence-corrected chi connectivity index (χ1v) is 12.9. The summed E-state index contributed by atoms with van der Waals surface area (Å²) >= 11 is 12.1. The summed E-state index contributed by atoms with van der Waals surface area (Å²) in [7, 11) is -3.82. The average molecular weight is 498 g/mol. The Hall–Kier alpha value is -2.29. The molecular weight excluding hydrogens is 473 g/mol. The van der Waals surface area contributed by atoms with Crippen LogP contribution in [-0.4, -0.2) is 51.0 Å². The number of nitrogens with one attached hydrogen (secondary N) is 1. The SMILES string of the molecule is CS(=O)(=O)N(CC(=O)Nc1ccccc1C(=O)N1CCCCCC1)c1ccc(Cl)cc1Cl. The molecule has 1 aliphatic heterocycles. The van der Waals surface area contributed by atoms with Crippen molar-refractivity contribution in [3.63, 3.8) is 0 Å². The number of hydrogen-bond acceptors (Lipinski definition) is 4. The number of amides is 2. The molecule has 0 unspecified atom stereocenters. The lowest BCUT2D eigenvalue weighted by Crippen LogP contribution is -2.38. The molecule has 3 rings (SSSR count). The van der Waals surface area contributed by atoms with Crippen molar-refractivity contribution in [2.24, 2.45) is 0 Å². The standard InChI is InChI=1S/C22H25Cl2N3O4S/c1-32(30,31)27(20-11-10-16(23)14-18(20)24)15-21(28)25-19-9-5-4-8-17(19)22(29)26-12-6-2-3-7-13-26/h4-5,8-11,14H,2-3,6-7,12-13,15H2,1H3,(H,25,28). The molecule has 0 saturated carbocycles. The molecule has 0 bridgehead atoms. The van der Waals surface area contributed by atoms with Gasteiger partial charge in [0.2, 0.25) is 15.9 Å². The van der Waals surface area contributed by atoms with E-state index in [2.05, 4.69) is 5.32 Å². The van der Waals surface area contributed by atoms with E-state index in [0.717, 1.165) is 36.2 Å². The van der Waals surface area contributed by atoms with Gasteiger partial charge in [-0.3, -0.25) is 13.9 Å². The minimum atomic E-state index is -3.82. The minimum Gasteiger partial charge on any atom is -0.339 e. The van der Waals surface area contributed by atoms with E-state index in [9.17, 15) is 18.0 Å². The van der Waals surface area contributed by atoms with Crippen LogP contribution in [0, 0.1) is 0 Å². The zero-order chi connectivity index (χ0) is 23.3. The molecule has 172 valence electrons. The van der Waals surface area contributed by atoms with Gasteiger partial charge in [0.15, 0.2) is 0 Å². The molecule has 0 spiro atoms. The van der Waals surface area contributed by atoms with Crippen LogP contribution in [0.25, 0.3) is 0 Å². The lowest BCUT2D eigenvalue weighted by atomic mass is 10.1. The highest BCUT2D eigenvalue weighted by Crippen LogP contribution is 2.30. The van der Waals surface area contributed by atoms with Crippen molar-refractivity contribution in [1.29, 1.82) is 0 Å². The van der Waals surface area contributed by atoms with Crippen molar-refractivity contribution in [1.82, 2.24) is 4.90 Å². The molecule has 32 heavy (non-hydrogen) atoms. The van der Waals surface area contributed by atoms with Gasteiger partial charge in [-0.2, -0.15) is 0 Å². The molecule has 10 heteroatoms. The Morgan fingerprint density at radius 3 is 2.31 bits per heavy atom. The van der Waals surface area contributed by atoms with Crippen molar-refractivity contribution in [2.75, 3.05) is 35.5 Å². The summed E-state index contributed by atoms with van der Waals surface area (Å²) in [5.74, 6) is -0.749. The van der Waals surface area contributed by atoms with Crippen molar-refractivity contribution < 1.29 is 18.0 Å². The number of nitrogens with zero attached hydrogens (tertiary/aromatic N) is 2. The monoisotopic (exact) mass is 497 g/mol. The molecule has 7 nitrogen and oxygen atoms in total. The second kappa shape index (κ2) is 10.6. The first kappa shape index (κ1) is 24.4. The third kappa shape index (κ3) is 6.15. The fraction of sp³-hybridized carbons (Fsp3) is 0.364. The predicted molar refractivity (Wildman–Crippen MR) is 128 cm³/mol. The van der Waals surface area contributed by atoms with E-state index in [0.29, 0.717) is 29.4 Å². The van der Waals surface area contributed by atoms with Crippen LogP contribution in [0.5, 0.6) is 0 Å². The highest BCUT2D eigenvalue weighted by atomic mass is 35.5. The van der Waals surface area contributed by atoms with Gasteiger partial charge < -0.3 is 10.2 Å². The van der Waals surface area contributed by atoms with Crippen LogP contribution in [0.3, 0.4) is 0 Å². The van der Waals surface area contributed by atoms with Crippen LogP contribution in [0.15, 0.2) is 42.5 Å². The lowest BCUT2D eigenvalue weighted by molar-refractivity contribution is -0.114. The fourth-order valence-corrected chi connectivity index (χ4v) is 5.04. The zero-order valence-corrected chi connectivity index (χ0v) is 20.0. The number of para-hydroxylation sites is 1. The van der Waals surface area contributed by atoms with Gasteiger partial charge in [-0.25, -0.2) is 8.42 Å². The second-order valence-electron chi connectivity index (χ2n) is 7.67. The number of carbonyl (C=O) groups excluding carboxylic acids is 2. The van der Waals surface area contributed by atoms with Crippen LogP contribution in [0.4, 0.5) is 11.4 Å². The van der Waals surface area contributed by atoms with E-state index in [1.807, 2.05) is 0 Å². The third-order valence-corrected chi connectivity index (χ3v) is 6.86. The second-order valence-corrected chi connectivity index (χ2v) is 10.4. The molecule has 1 heterocycles. The molecule has 0 aliphatic carbocycles. The summed E-state index contributed by atoms with van der Waals surface area (Å²) in [5.41, 5.74) is 0.850. The van der Waals surface area contributed by atoms with E-state index >= 15 is 0 Å². The van der Waals surface area contributed by atoms with E-state index < -0.39 is 22.5 Å². The molecule has 0 aromatic heterocycles. The van der Waals surface area contributed by atoms with Crippen molar-refractivity contribution >= 4 is 56.4 Å². The van der Waals surface area contributed by atoms with Crippen molar-refractivity contribution in [3.8, 4) is 0 Å². The Bertz CT molecular complexity index is 1100. The predicted octanol–water partition coefficient (Wildman–Crippen LogP) is 4.41. The molecular formula is C22H25Cl2N3O4S. The van der Waals surface area contributed by atoms with Crippen LogP contribution >= 0.6 is 23.2 Å². The molecule has 1 aliphatic rings. The summed E-state index contributed by atoms with van der Waals surface area (Å²) in [5, 5.41) is 3.14. The van der Waals surface area contributed by atoms with Gasteiger partial charge in [0.1, 0.15) is 6.54 Å². The Morgan fingerprint density at radius 1 is 1.03 bits per heavy atom. The number of benzene rings is 2.